The predicted octanol–water partition coefficient (Wildman–Crippen LogP) is 1.73. The van der Waals surface area contributed by atoms with Crippen LogP contribution >= 0.6 is 0 Å². The van der Waals surface area contributed by atoms with E-state index >= 15 is 0 Å². The lowest BCUT2D eigenvalue weighted by atomic mass is 9.90. The first-order valence-electron chi connectivity index (χ1n) is 5.89. The van der Waals surface area contributed by atoms with Crippen molar-refractivity contribution in [3.63, 3.8) is 0 Å². The second kappa shape index (κ2) is 5.41. The van der Waals surface area contributed by atoms with Gasteiger partial charge in [0.15, 0.2) is 0 Å². The third-order valence-electron chi connectivity index (χ3n) is 3.24. The molecule has 1 saturated heterocycles. The maximum atomic E-state index is 12.7. The van der Waals surface area contributed by atoms with Crippen LogP contribution in [0.5, 0.6) is 0 Å². The average Bonchev–Trinajstić information content (AvgIpc) is 2.33. The van der Waals surface area contributed by atoms with Crippen LogP contribution in [0.3, 0.4) is 0 Å². The zero-order valence-electron chi connectivity index (χ0n) is 9.32. The zero-order chi connectivity index (χ0) is 11.4. The van der Waals surface area contributed by atoms with Crippen LogP contribution in [0.2, 0.25) is 0 Å². The molecule has 1 heterocycles. The van der Waals surface area contributed by atoms with Gasteiger partial charge in [-0.15, -0.1) is 0 Å². The Hall–Kier alpha value is -0.930. The summed E-state index contributed by atoms with van der Waals surface area (Å²) in [5, 5.41) is 13.4. The molecule has 0 spiro atoms. The first-order valence-corrected chi connectivity index (χ1v) is 5.89. The quantitative estimate of drug-likeness (QED) is 0.818. The van der Waals surface area contributed by atoms with Crippen LogP contribution in [0.25, 0.3) is 0 Å². The predicted molar refractivity (Wildman–Crippen MR) is 61.7 cm³/mol. The van der Waals surface area contributed by atoms with Gasteiger partial charge in [0.1, 0.15) is 5.82 Å². The van der Waals surface area contributed by atoms with Crippen LogP contribution < -0.4 is 5.32 Å². The van der Waals surface area contributed by atoms with Crippen molar-refractivity contribution in [2.45, 2.75) is 25.4 Å². The second-order valence-electron chi connectivity index (χ2n) is 4.50. The third-order valence-corrected chi connectivity index (χ3v) is 3.24. The Kier molecular flexibility index (Phi) is 3.91. The van der Waals surface area contributed by atoms with E-state index in [2.05, 4.69) is 5.32 Å². The molecular formula is C13H18FNO. The van der Waals surface area contributed by atoms with E-state index in [1.165, 1.54) is 12.1 Å². The Morgan fingerprint density at radius 3 is 2.75 bits per heavy atom. The largest absolute Gasteiger partial charge is 0.392 e. The van der Waals surface area contributed by atoms with Gasteiger partial charge in [0.25, 0.3) is 0 Å². The summed E-state index contributed by atoms with van der Waals surface area (Å²) in [7, 11) is 0. The molecule has 0 amide bonds. The monoisotopic (exact) mass is 223 g/mol. The summed E-state index contributed by atoms with van der Waals surface area (Å²) in [6.45, 7) is 1.95. The molecule has 1 aromatic rings. The highest BCUT2D eigenvalue weighted by Gasteiger charge is 2.21. The lowest BCUT2D eigenvalue weighted by Crippen LogP contribution is -2.37. The Labute approximate surface area is 95.5 Å². The fraction of sp³-hybridized carbons (Fsp3) is 0.538. The normalized spacial score (nSPS) is 23.0. The van der Waals surface area contributed by atoms with Gasteiger partial charge in [-0.25, -0.2) is 4.39 Å². The molecule has 1 fully saturated rings. The summed E-state index contributed by atoms with van der Waals surface area (Å²) < 4.78 is 12.7. The van der Waals surface area contributed by atoms with E-state index < -0.39 is 0 Å². The molecule has 16 heavy (non-hydrogen) atoms. The van der Waals surface area contributed by atoms with E-state index in [4.69, 9.17) is 0 Å². The van der Waals surface area contributed by atoms with Crippen molar-refractivity contribution in [3.05, 3.63) is 35.6 Å². The van der Waals surface area contributed by atoms with Crippen LogP contribution in [0, 0.1) is 11.7 Å². The van der Waals surface area contributed by atoms with Gasteiger partial charge in [0, 0.05) is 6.54 Å². The minimum atomic E-state index is -0.321. The van der Waals surface area contributed by atoms with E-state index in [-0.39, 0.29) is 11.9 Å². The molecule has 0 unspecified atom stereocenters. The molecule has 1 aliphatic rings. The third kappa shape index (κ3) is 3.03. The van der Waals surface area contributed by atoms with Crippen LogP contribution in [-0.2, 0) is 6.42 Å². The summed E-state index contributed by atoms with van der Waals surface area (Å²) in [5.41, 5.74) is 1.000. The van der Waals surface area contributed by atoms with E-state index in [9.17, 15) is 9.50 Å². The summed E-state index contributed by atoms with van der Waals surface area (Å²) in [6.07, 6.45) is 2.51. The van der Waals surface area contributed by atoms with E-state index in [0.29, 0.717) is 12.3 Å². The first-order chi connectivity index (χ1) is 7.75. The van der Waals surface area contributed by atoms with Crippen LogP contribution in [0.15, 0.2) is 24.3 Å². The van der Waals surface area contributed by atoms with Gasteiger partial charge in [-0.05, 0) is 49.4 Å². The van der Waals surface area contributed by atoms with Gasteiger partial charge in [-0.3, -0.25) is 0 Å². The fourth-order valence-electron chi connectivity index (χ4n) is 2.24. The zero-order valence-corrected chi connectivity index (χ0v) is 9.32. The lowest BCUT2D eigenvalue weighted by Gasteiger charge is -2.27. The van der Waals surface area contributed by atoms with Crippen LogP contribution in [-0.4, -0.2) is 24.3 Å². The number of halogens is 1. The molecule has 3 heteroatoms. The summed E-state index contributed by atoms with van der Waals surface area (Å²) in [5.74, 6) is 0.108. The van der Waals surface area contributed by atoms with E-state index in [0.717, 1.165) is 31.5 Å². The molecule has 0 saturated carbocycles. The molecule has 0 aromatic heterocycles. The topological polar surface area (TPSA) is 32.3 Å². The smallest absolute Gasteiger partial charge is 0.123 e. The number of hydrogen-bond donors (Lipinski definition) is 2. The van der Waals surface area contributed by atoms with Gasteiger partial charge in [-0.1, -0.05) is 12.1 Å². The van der Waals surface area contributed by atoms with E-state index in [1.54, 1.807) is 12.1 Å². The molecule has 2 rings (SSSR count). The summed E-state index contributed by atoms with van der Waals surface area (Å²) >= 11 is 0. The minimum Gasteiger partial charge on any atom is -0.392 e. The Balaban J connectivity index is 1.90. The highest BCUT2D eigenvalue weighted by Crippen LogP contribution is 2.18. The molecule has 0 radical (unpaired) electrons. The highest BCUT2D eigenvalue weighted by molar-refractivity contribution is 5.17. The molecule has 2 nitrogen and oxygen atoms in total. The van der Waals surface area contributed by atoms with Crippen molar-refractivity contribution < 1.29 is 9.50 Å². The Morgan fingerprint density at radius 1 is 1.38 bits per heavy atom. The molecule has 2 N–H and O–H groups in total. The number of aliphatic hydroxyl groups excluding tert-OH is 1. The average molecular weight is 223 g/mol. The summed E-state index contributed by atoms with van der Waals surface area (Å²) in [4.78, 5) is 0. The van der Waals surface area contributed by atoms with E-state index in [1.807, 2.05) is 0 Å². The van der Waals surface area contributed by atoms with Crippen molar-refractivity contribution in [3.8, 4) is 0 Å². The Bertz CT molecular complexity index is 319. The highest BCUT2D eigenvalue weighted by atomic mass is 19.1. The van der Waals surface area contributed by atoms with Gasteiger partial charge in [-0.2, -0.15) is 0 Å². The van der Waals surface area contributed by atoms with Crippen molar-refractivity contribution in [2.75, 3.05) is 13.1 Å². The minimum absolute atomic E-state index is 0.224. The molecule has 1 aliphatic heterocycles. The SMILES string of the molecule is O[C@H](Cc1ccc(F)cc1)[C@@H]1CCCNC1. The molecule has 1 aromatic carbocycles. The maximum absolute atomic E-state index is 12.7. The van der Waals surface area contributed by atoms with Crippen molar-refractivity contribution in [2.24, 2.45) is 5.92 Å². The maximum Gasteiger partial charge on any atom is 0.123 e. The number of hydrogen-bond acceptors (Lipinski definition) is 2. The Morgan fingerprint density at radius 2 is 2.12 bits per heavy atom. The molecule has 0 bridgehead atoms. The van der Waals surface area contributed by atoms with Gasteiger partial charge in [0.05, 0.1) is 6.10 Å². The first kappa shape index (κ1) is 11.6. The standard InChI is InChI=1S/C13H18FNO/c14-12-5-3-10(4-6-12)8-13(16)11-2-1-7-15-9-11/h3-6,11,13,15-16H,1-2,7-9H2/t11-,13-/m1/s1. The van der Waals surface area contributed by atoms with Crippen molar-refractivity contribution in [1.82, 2.24) is 5.32 Å². The second-order valence-corrected chi connectivity index (χ2v) is 4.50. The molecule has 88 valence electrons. The lowest BCUT2D eigenvalue weighted by molar-refractivity contribution is 0.0922. The number of benzene rings is 1. The van der Waals surface area contributed by atoms with Gasteiger partial charge < -0.3 is 10.4 Å². The van der Waals surface area contributed by atoms with Crippen LogP contribution in [0.4, 0.5) is 4.39 Å². The van der Waals surface area contributed by atoms with Crippen molar-refractivity contribution >= 4 is 0 Å². The number of nitrogens with one attached hydrogen (secondary N) is 1. The van der Waals surface area contributed by atoms with Gasteiger partial charge in [0.2, 0.25) is 0 Å². The van der Waals surface area contributed by atoms with Gasteiger partial charge >= 0.3 is 0 Å². The molecule has 0 aliphatic carbocycles. The molecular weight excluding hydrogens is 205 g/mol. The van der Waals surface area contributed by atoms with Crippen LogP contribution in [0.1, 0.15) is 18.4 Å². The fourth-order valence-corrected chi connectivity index (χ4v) is 2.24. The summed E-state index contributed by atoms with van der Waals surface area (Å²) in [6, 6.07) is 6.38. The number of aliphatic hydroxyl groups is 1. The number of piperidine rings is 1. The van der Waals surface area contributed by atoms with Crippen molar-refractivity contribution in [1.29, 1.82) is 0 Å². The number of rotatable bonds is 3. The molecule has 2 atom stereocenters.